The molecular formula is C71H129BN12NaO19P2. The van der Waals surface area contributed by atoms with Gasteiger partial charge in [0.05, 0.1) is 59.7 Å². The molecule has 2 amide bonds. The van der Waals surface area contributed by atoms with Crippen molar-refractivity contribution in [1.82, 2.24) is 30.2 Å². The molecule has 6 aliphatic heterocycles. The minimum atomic E-state index is -1.23. The molecule has 35 heteroatoms. The summed E-state index contributed by atoms with van der Waals surface area (Å²) in [5, 5.41) is 33.4. The Bertz CT molecular complexity index is 2900. The van der Waals surface area contributed by atoms with Crippen LogP contribution in [0.1, 0.15) is 176 Å². The first-order valence-corrected chi connectivity index (χ1v) is 39.0. The Hall–Kier alpha value is -3.45. The monoisotopic (exact) mass is 1550 g/mol. The molecule has 0 saturated carbocycles. The predicted octanol–water partition coefficient (Wildman–Crippen LogP) is 6.84. The van der Waals surface area contributed by atoms with Gasteiger partial charge in [0.25, 0.3) is 0 Å². The molecule has 6 saturated heterocycles. The number of nitrogens with one attached hydrogen (secondary N) is 2. The minimum absolute atomic E-state index is 0. The van der Waals surface area contributed by atoms with Crippen molar-refractivity contribution >= 4 is 55.2 Å². The second kappa shape index (κ2) is 45.3. The summed E-state index contributed by atoms with van der Waals surface area (Å²) in [6.45, 7) is 32.4. The molecular weight excluding hydrogens is 1420 g/mol. The number of azide groups is 2. The van der Waals surface area contributed by atoms with Crippen LogP contribution in [0.4, 0.5) is 9.59 Å². The number of aliphatic hydroxyl groups excluding tert-OH is 2. The van der Waals surface area contributed by atoms with E-state index in [2.05, 4.69) is 44.5 Å². The Morgan fingerprint density at radius 2 is 1.00 bits per heavy atom. The number of Topliss-reactive ketones (excluding diaryl/α,β-unsaturated/α-hetero) is 1. The molecule has 0 aliphatic carbocycles. The van der Waals surface area contributed by atoms with E-state index in [4.69, 9.17) is 63.5 Å². The van der Waals surface area contributed by atoms with Gasteiger partial charge in [-0.2, -0.15) is 0 Å². The first-order chi connectivity index (χ1) is 49.0. The fourth-order valence-corrected chi connectivity index (χ4v) is 18.3. The maximum absolute atomic E-state index is 14.3. The maximum atomic E-state index is 14.3. The van der Waals surface area contributed by atoms with Crippen LogP contribution >= 0.6 is 16.9 Å². The molecule has 106 heavy (non-hydrogen) atoms. The van der Waals surface area contributed by atoms with Crippen molar-refractivity contribution in [3.8, 4) is 0 Å². The van der Waals surface area contributed by atoms with Gasteiger partial charge in [0.15, 0.2) is 46.5 Å². The van der Waals surface area contributed by atoms with E-state index in [-0.39, 0.29) is 105 Å². The Morgan fingerprint density at radius 1 is 0.623 bits per heavy atom. The van der Waals surface area contributed by atoms with E-state index in [9.17, 15) is 38.2 Å². The van der Waals surface area contributed by atoms with Gasteiger partial charge < -0.3 is 79.4 Å². The van der Waals surface area contributed by atoms with Crippen molar-refractivity contribution in [1.29, 1.82) is 0 Å². The number of cyclic esters (lactones) is 2. The number of carbonyl (C=O) groups excluding carboxylic acids is 5. The average molecular weight is 1550 g/mol. The van der Waals surface area contributed by atoms with Gasteiger partial charge in [-0.3, -0.25) is 33.3 Å². The Labute approximate surface area is 659 Å². The van der Waals surface area contributed by atoms with Gasteiger partial charge in [0.2, 0.25) is 0 Å². The second-order valence-electron chi connectivity index (χ2n) is 30.9. The molecule has 6 aliphatic rings. The number of methoxy groups -OCH3 is 2. The summed E-state index contributed by atoms with van der Waals surface area (Å²) in [4.78, 5) is 82.0. The third-order valence-electron chi connectivity index (χ3n) is 22.5. The Kier molecular flexibility index (Phi) is 42.2. The van der Waals surface area contributed by atoms with E-state index in [1.165, 1.54) is 6.92 Å². The van der Waals surface area contributed by atoms with E-state index < -0.39 is 142 Å². The number of carbonyl (C=O) groups is 5. The van der Waals surface area contributed by atoms with E-state index in [1.807, 2.05) is 107 Å². The fourth-order valence-electron chi connectivity index (χ4n) is 16.7. The maximum Gasteiger partial charge on any atom is 1.00 e. The molecule has 4 N–H and O–H groups in total. The quantitative estimate of drug-likeness (QED) is 0.00991. The van der Waals surface area contributed by atoms with E-state index in [0.29, 0.717) is 103 Å². The molecule has 0 aromatic heterocycles. The zero-order valence-corrected chi connectivity index (χ0v) is 71.7. The van der Waals surface area contributed by atoms with E-state index >= 15 is 0 Å². The van der Waals surface area contributed by atoms with Crippen LogP contribution in [0.5, 0.6) is 0 Å². The van der Waals surface area contributed by atoms with Gasteiger partial charge in [0.1, 0.15) is 29.4 Å². The van der Waals surface area contributed by atoms with Crippen molar-refractivity contribution in [2.24, 2.45) is 45.7 Å². The zero-order valence-electron chi connectivity index (χ0n) is 68.9. The largest absolute Gasteiger partial charge is 1.00 e. The third-order valence-corrected chi connectivity index (χ3v) is 24.2. The number of amides is 2. The van der Waals surface area contributed by atoms with Crippen molar-refractivity contribution in [2.45, 2.75) is 300 Å². The summed E-state index contributed by atoms with van der Waals surface area (Å²) in [5.74, 6) is -5.40. The zero-order chi connectivity index (χ0) is 78.5. The molecule has 0 spiro atoms. The van der Waals surface area contributed by atoms with Gasteiger partial charge in [-0.15, -0.1) is 0 Å². The number of hydrogen-bond acceptors (Lipinski definition) is 25. The Morgan fingerprint density at radius 3 is 1.36 bits per heavy atom. The van der Waals surface area contributed by atoms with Crippen LogP contribution in [-0.2, 0) is 70.9 Å². The molecule has 6 heterocycles. The van der Waals surface area contributed by atoms with Gasteiger partial charge in [-0.05, 0) is 198 Å². The molecule has 31 nitrogen and oxygen atoms in total. The molecule has 7 unspecified atom stereocenters. The van der Waals surface area contributed by atoms with Crippen molar-refractivity contribution in [3.63, 3.8) is 0 Å². The molecule has 0 aromatic rings. The van der Waals surface area contributed by atoms with Crippen molar-refractivity contribution < 1.29 is 122 Å². The number of ether oxygens (including phenoxy) is 10. The van der Waals surface area contributed by atoms with Gasteiger partial charge in [-0.25, -0.2) is 9.59 Å². The third kappa shape index (κ3) is 24.3. The van der Waals surface area contributed by atoms with Crippen LogP contribution in [0, 0.1) is 35.5 Å². The number of nitrogens with zero attached hydrogens (tertiary/aromatic N) is 10. The predicted molar refractivity (Wildman–Crippen MR) is 399 cm³/mol. The standard InChI is InChI=1S/C35H63N6O9P.C35H61N6O9P.CH4O.B.Na.H/c2*1-12-26-35(8)29(41(33(44)50-35)16-14-13-15-38-39-36)24(6)37-19-20(2)18-34(7,46-11)30(22(4)27(42)23(5)31(43)48-26)49-32-28(51-45)25(40(9)10)17-21(3)47-32;1-2;;;/h20-30,32,37,42H,12-19H2,1-11H3;20-26,28-30,32,37H,12-19H2,1-11H3;2H,1H3;;;/q;;;;+1;-1/t20-,21?,22+,23-,24-,25?,26-,27?,28?,29-,30-,32+,34-,35-;20-,21?,22+,23-,24-,25?,26-,28?,29-,30-,32+,34-,35-;;;;/m11..../s1. The van der Waals surface area contributed by atoms with Crippen molar-refractivity contribution in [3.05, 3.63) is 20.9 Å². The SMILES string of the molecule is CC[C@H]1OC(=O)[C@H](C)C(=O)[C@H](C)[C@@H](O[C@@H]2OC(C)CC(N(C)C)C2P=O)[C@](C)(OC)C[C@@H](C)CN[C@H](C)[C@H]2N(CCCCN=[N+]=[N-])C(=O)O[C@]12C.CC[C@H]1OC(=O)[C@H](C)C(O)[C@H](C)[C@@H](O[C@@H]2OC(C)CC(N(C)C)C2P=O)[C@](C)(OC)C[C@@H](C)CN[C@H](C)[C@H]2N(CCCCN=[N+]=[N-])C(=O)O[C@]12C.CO.[B].[H-].[Na+]. The molecule has 6 rings (SSSR count). The van der Waals surface area contributed by atoms with Crippen LogP contribution in [-0.4, -0.2) is 282 Å². The molecule has 6 fully saturated rings. The smallest absolute Gasteiger partial charge is 1.00 e. The fraction of sp³-hybridized carbons (Fsp3) is 0.930. The summed E-state index contributed by atoms with van der Waals surface area (Å²) in [7, 11) is 11.7. The number of esters is 2. The second-order valence-corrected chi connectivity index (χ2v) is 32.6. The van der Waals surface area contributed by atoms with E-state index in [1.54, 1.807) is 44.8 Å². The number of hydrogen-bond donors (Lipinski definition) is 4. The Balaban J connectivity index is 0.00000102. The van der Waals surface area contributed by atoms with Gasteiger partial charge >= 0.3 is 53.7 Å². The van der Waals surface area contributed by atoms with Crippen molar-refractivity contribution in [2.75, 3.05) is 88.8 Å². The summed E-state index contributed by atoms with van der Waals surface area (Å²) in [5.41, 5.74) is 11.9. The number of rotatable bonds is 22. The number of aliphatic hydroxyl groups is 2. The topological polar surface area (TPSA) is 387 Å². The average Bonchev–Trinajstić information content (AvgIpc) is 1.61. The van der Waals surface area contributed by atoms with Crippen LogP contribution in [0.2, 0.25) is 0 Å². The summed E-state index contributed by atoms with van der Waals surface area (Å²) >= 11 is 0. The summed E-state index contributed by atoms with van der Waals surface area (Å²) < 4.78 is 88.3. The summed E-state index contributed by atoms with van der Waals surface area (Å²) in [6, 6.07) is -1.76. The number of fused-ring (bicyclic) bond motifs is 2. The van der Waals surface area contributed by atoms with Crippen LogP contribution < -0.4 is 40.2 Å². The summed E-state index contributed by atoms with van der Waals surface area (Å²) in [6.07, 6.45) is -2.26. The molecule has 27 atom stereocenters. The van der Waals surface area contributed by atoms with Gasteiger partial charge in [-0.1, -0.05) is 51.8 Å². The van der Waals surface area contributed by atoms with E-state index in [0.717, 1.165) is 7.11 Å². The first kappa shape index (κ1) is 98.6. The first-order valence-electron chi connectivity index (χ1n) is 37.2. The number of unbranched alkanes of at least 4 members (excludes halogenated alkanes) is 2. The molecule has 0 bridgehead atoms. The van der Waals surface area contributed by atoms with Crippen LogP contribution in [0.3, 0.4) is 0 Å². The molecule has 0 aromatic carbocycles. The normalized spacial score (nSPS) is 39.4. The van der Waals surface area contributed by atoms with Gasteiger partial charge in [0, 0.05) is 102 Å². The molecule has 3 radical (unpaired) electrons. The van der Waals surface area contributed by atoms with Crippen LogP contribution in [0.25, 0.3) is 20.9 Å². The molecule has 601 valence electrons. The minimum Gasteiger partial charge on any atom is -1.00 e. The number of ketones is 1. The van der Waals surface area contributed by atoms with Crippen LogP contribution in [0.15, 0.2) is 10.2 Å².